The lowest BCUT2D eigenvalue weighted by Gasteiger charge is -2.10. The molecule has 0 atom stereocenters. The van der Waals surface area contributed by atoms with Crippen LogP contribution < -0.4 is 10.6 Å². The molecule has 1 aliphatic rings. The summed E-state index contributed by atoms with van der Waals surface area (Å²) in [5.41, 5.74) is 3.70. The molecule has 0 spiro atoms. The normalized spacial score (nSPS) is 14.0. The number of benzene rings is 1. The minimum absolute atomic E-state index is 0.125. The molecule has 1 amide bonds. The first-order valence-electron chi connectivity index (χ1n) is 7.36. The average Bonchev–Trinajstić information content (AvgIpc) is 3.29. The number of halogens is 1. The quantitative estimate of drug-likeness (QED) is 0.891. The van der Waals surface area contributed by atoms with Crippen LogP contribution in [0.5, 0.6) is 0 Å². The van der Waals surface area contributed by atoms with Gasteiger partial charge in [0.15, 0.2) is 0 Å². The van der Waals surface area contributed by atoms with Gasteiger partial charge in [-0.3, -0.25) is 9.48 Å². The summed E-state index contributed by atoms with van der Waals surface area (Å²) in [7, 11) is 3.55. The second-order valence-corrected chi connectivity index (χ2v) is 6.02. The van der Waals surface area contributed by atoms with Crippen LogP contribution >= 0.6 is 11.6 Å². The molecular formula is C16H19ClN4O. The summed E-state index contributed by atoms with van der Waals surface area (Å²) in [4.78, 5) is 11.7. The SMILES string of the molecule is CNC(=O)c1ccc(Cl)c(NCc2cn(C)nc2C2CC2)c1. The molecule has 0 saturated heterocycles. The Bertz CT molecular complexity index is 706. The molecule has 2 N–H and O–H groups in total. The molecule has 1 fully saturated rings. The molecule has 22 heavy (non-hydrogen) atoms. The third-order valence-corrected chi connectivity index (χ3v) is 4.16. The number of rotatable bonds is 5. The first-order valence-corrected chi connectivity index (χ1v) is 7.74. The van der Waals surface area contributed by atoms with E-state index in [0.29, 0.717) is 23.0 Å². The van der Waals surface area contributed by atoms with E-state index in [9.17, 15) is 4.79 Å². The van der Waals surface area contributed by atoms with E-state index in [2.05, 4.69) is 15.7 Å². The minimum atomic E-state index is -0.125. The van der Waals surface area contributed by atoms with Crippen molar-refractivity contribution in [1.29, 1.82) is 0 Å². The van der Waals surface area contributed by atoms with Crippen LogP contribution in [-0.2, 0) is 13.6 Å². The lowest BCUT2D eigenvalue weighted by Crippen LogP contribution is -2.17. The topological polar surface area (TPSA) is 59.0 Å². The van der Waals surface area contributed by atoms with Crippen LogP contribution in [0, 0.1) is 0 Å². The van der Waals surface area contributed by atoms with Gasteiger partial charge in [-0.2, -0.15) is 5.10 Å². The minimum Gasteiger partial charge on any atom is -0.380 e. The van der Waals surface area contributed by atoms with Gasteiger partial charge in [0, 0.05) is 43.9 Å². The van der Waals surface area contributed by atoms with Gasteiger partial charge in [0.25, 0.3) is 5.91 Å². The van der Waals surface area contributed by atoms with E-state index in [0.717, 1.165) is 5.69 Å². The fourth-order valence-electron chi connectivity index (χ4n) is 2.53. The number of nitrogens with zero attached hydrogens (tertiary/aromatic N) is 2. The Morgan fingerprint density at radius 2 is 2.23 bits per heavy atom. The number of hydrogen-bond donors (Lipinski definition) is 2. The van der Waals surface area contributed by atoms with E-state index in [1.165, 1.54) is 24.1 Å². The van der Waals surface area contributed by atoms with Crippen molar-refractivity contribution >= 4 is 23.2 Å². The van der Waals surface area contributed by atoms with Gasteiger partial charge in [0.1, 0.15) is 0 Å². The number of hydrogen-bond acceptors (Lipinski definition) is 3. The van der Waals surface area contributed by atoms with E-state index >= 15 is 0 Å². The molecule has 0 bridgehead atoms. The molecule has 5 nitrogen and oxygen atoms in total. The highest BCUT2D eigenvalue weighted by Crippen LogP contribution is 2.40. The predicted octanol–water partition coefficient (Wildman–Crippen LogP) is 2.92. The zero-order valence-electron chi connectivity index (χ0n) is 12.7. The first-order chi connectivity index (χ1) is 10.6. The van der Waals surface area contributed by atoms with Crippen LogP contribution in [-0.4, -0.2) is 22.7 Å². The molecule has 1 saturated carbocycles. The Morgan fingerprint density at radius 3 is 2.91 bits per heavy atom. The molecular weight excluding hydrogens is 300 g/mol. The highest BCUT2D eigenvalue weighted by molar-refractivity contribution is 6.33. The number of anilines is 1. The van der Waals surface area contributed by atoms with Crippen molar-refractivity contribution in [3.05, 3.63) is 46.2 Å². The lowest BCUT2D eigenvalue weighted by molar-refractivity contribution is 0.0963. The number of aromatic nitrogens is 2. The summed E-state index contributed by atoms with van der Waals surface area (Å²) in [6, 6.07) is 5.22. The Kier molecular flexibility index (Phi) is 4.07. The van der Waals surface area contributed by atoms with E-state index in [4.69, 9.17) is 11.6 Å². The molecule has 0 aliphatic heterocycles. The summed E-state index contributed by atoms with van der Waals surface area (Å²) in [6.45, 7) is 0.649. The van der Waals surface area contributed by atoms with Gasteiger partial charge in [-0.1, -0.05) is 11.6 Å². The van der Waals surface area contributed by atoms with Crippen LogP contribution in [0.15, 0.2) is 24.4 Å². The van der Waals surface area contributed by atoms with Crippen LogP contribution in [0.25, 0.3) is 0 Å². The molecule has 3 rings (SSSR count). The summed E-state index contributed by atoms with van der Waals surface area (Å²) >= 11 is 6.22. The van der Waals surface area contributed by atoms with E-state index in [1.807, 2.05) is 17.9 Å². The largest absolute Gasteiger partial charge is 0.380 e. The van der Waals surface area contributed by atoms with E-state index in [1.54, 1.807) is 25.2 Å². The molecule has 1 aliphatic carbocycles. The summed E-state index contributed by atoms with van der Waals surface area (Å²) < 4.78 is 1.85. The summed E-state index contributed by atoms with van der Waals surface area (Å²) in [5.74, 6) is 0.477. The Labute approximate surface area is 134 Å². The third-order valence-electron chi connectivity index (χ3n) is 3.83. The van der Waals surface area contributed by atoms with Gasteiger partial charge in [-0.15, -0.1) is 0 Å². The number of nitrogens with one attached hydrogen (secondary N) is 2. The van der Waals surface area contributed by atoms with Crippen molar-refractivity contribution in [3.63, 3.8) is 0 Å². The third kappa shape index (κ3) is 3.09. The standard InChI is InChI=1S/C16H19ClN4O/c1-18-16(22)11-5-6-13(17)14(7-11)19-8-12-9-21(2)20-15(12)10-3-4-10/h5-7,9-10,19H,3-4,8H2,1-2H3,(H,18,22). The number of aryl methyl sites for hydroxylation is 1. The van der Waals surface area contributed by atoms with Gasteiger partial charge in [0.2, 0.25) is 0 Å². The Balaban J connectivity index is 1.77. The van der Waals surface area contributed by atoms with Gasteiger partial charge in [0.05, 0.1) is 16.4 Å². The van der Waals surface area contributed by atoms with Crippen molar-refractivity contribution in [3.8, 4) is 0 Å². The molecule has 0 unspecified atom stereocenters. The van der Waals surface area contributed by atoms with Crippen LogP contribution in [0.1, 0.15) is 40.4 Å². The monoisotopic (exact) mass is 318 g/mol. The zero-order chi connectivity index (χ0) is 15.7. The molecule has 2 aromatic rings. The summed E-state index contributed by atoms with van der Waals surface area (Å²) in [6.07, 6.45) is 4.48. The Morgan fingerprint density at radius 1 is 1.45 bits per heavy atom. The Hall–Kier alpha value is -2.01. The van der Waals surface area contributed by atoms with Crippen molar-refractivity contribution in [2.75, 3.05) is 12.4 Å². The lowest BCUT2D eigenvalue weighted by atomic mass is 10.1. The van der Waals surface area contributed by atoms with Gasteiger partial charge in [-0.25, -0.2) is 0 Å². The fraction of sp³-hybridized carbons (Fsp3) is 0.375. The molecule has 1 aromatic carbocycles. The van der Waals surface area contributed by atoms with Crippen LogP contribution in [0.2, 0.25) is 5.02 Å². The molecule has 6 heteroatoms. The fourth-order valence-corrected chi connectivity index (χ4v) is 2.71. The second kappa shape index (κ2) is 6.01. The average molecular weight is 319 g/mol. The molecule has 0 radical (unpaired) electrons. The number of carbonyl (C=O) groups is 1. The second-order valence-electron chi connectivity index (χ2n) is 5.61. The van der Waals surface area contributed by atoms with Crippen molar-refractivity contribution < 1.29 is 4.79 Å². The van der Waals surface area contributed by atoms with Crippen LogP contribution in [0.4, 0.5) is 5.69 Å². The first kappa shape index (κ1) is 14.9. The highest BCUT2D eigenvalue weighted by Gasteiger charge is 2.28. The van der Waals surface area contributed by atoms with Gasteiger partial charge in [-0.05, 0) is 31.0 Å². The number of carbonyl (C=O) groups excluding carboxylic acids is 1. The van der Waals surface area contributed by atoms with Gasteiger partial charge >= 0.3 is 0 Å². The van der Waals surface area contributed by atoms with Crippen LogP contribution in [0.3, 0.4) is 0 Å². The maximum absolute atomic E-state index is 11.7. The number of amides is 1. The highest BCUT2D eigenvalue weighted by atomic mass is 35.5. The molecule has 1 aromatic heterocycles. The summed E-state index contributed by atoms with van der Waals surface area (Å²) in [5, 5.41) is 11.1. The van der Waals surface area contributed by atoms with Crippen molar-refractivity contribution in [2.24, 2.45) is 7.05 Å². The molecule has 116 valence electrons. The molecule has 1 heterocycles. The maximum Gasteiger partial charge on any atom is 0.251 e. The smallest absolute Gasteiger partial charge is 0.251 e. The van der Waals surface area contributed by atoms with E-state index < -0.39 is 0 Å². The van der Waals surface area contributed by atoms with Crippen molar-refractivity contribution in [1.82, 2.24) is 15.1 Å². The van der Waals surface area contributed by atoms with Gasteiger partial charge < -0.3 is 10.6 Å². The zero-order valence-corrected chi connectivity index (χ0v) is 13.4. The maximum atomic E-state index is 11.7. The predicted molar refractivity (Wildman–Crippen MR) is 87.4 cm³/mol. The van der Waals surface area contributed by atoms with E-state index in [-0.39, 0.29) is 5.91 Å². The van der Waals surface area contributed by atoms with Crippen molar-refractivity contribution in [2.45, 2.75) is 25.3 Å².